The van der Waals surface area contributed by atoms with Gasteiger partial charge in [-0.3, -0.25) is 4.68 Å². The predicted molar refractivity (Wildman–Crippen MR) is 112 cm³/mol. The summed E-state index contributed by atoms with van der Waals surface area (Å²) in [5.41, 5.74) is 3.95. The van der Waals surface area contributed by atoms with E-state index >= 15 is 0 Å². The van der Waals surface area contributed by atoms with Crippen molar-refractivity contribution in [2.24, 2.45) is 7.05 Å². The van der Waals surface area contributed by atoms with Crippen molar-refractivity contribution >= 4 is 40.0 Å². The third-order valence-electron chi connectivity index (χ3n) is 4.87. The summed E-state index contributed by atoms with van der Waals surface area (Å²) in [4.78, 5) is 21.8. The molecular formula is C21H20N6O2. The summed E-state index contributed by atoms with van der Waals surface area (Å²) >= 11 is 0. The van der Waals surface area contributed by atoms with E-state index in [-0.39, 0.29) is 5.56 Å². The zero-order valence-electron chi connectivity index (χ0n) is 16.3. The first-order chi connectivity index (χ1) is 13.9. The van der Waals surface area contributed by atoms with Gasteiger partial charge in [-0.25, -0.2) is 9.78 Å². The molecule has 146 valence electrons. The summed E-state index contributed by atoms with van der Waals surface area (Å²) < 4.78 is 1.87. The van der Waals surface area contributed by atoms with Crippen molar-refractivity contribution in [2.75, 3.05) is 17.3 Å². The average Bonchev–Trinajstić information content (AvgIpc) is 3.01. The number of aromatic nitrogens is 4. The summed E-state index contributed by atoms with van der Waals surface area (Å²) in [6.07, 6.45) is 1.68. The third kappa shape index (κ3) is 3.60. The highest BCUT2D eigenvalue weighted by molar-refractivity contribution is 5.88. The van der Waals surface area contributed by atoms with Gasteiger partial charge in [-0.2, -0.15) is 10.1 Å². The first-order valence-corrected chi connectivity index (χ1v) is 9.03. The maximum atomic E-state index is 11.0. The number of carbonyl (C=O) groups is 1. The number of benzene rings is 2. The van der Waals surface area contributed by atoms with Crippen molar-refractivity contribution in [1.82, 2.24) is 19.7 Å². The number of carboxylic acids is 1. The highest BCUT2D eigenvalue weighted by Gasteiger charge is 2.11. The van der Waals surface area contributed by atoms with Crippen LogP contribution in [0.25, 0.3) is 10.9 Å². The Labute approximate surface area is 167 Å². The highest BCUT2D eigenvalue weighted by atomic mass is 16.4. The molecule has 2 aromatic heterocycles. The number of nitrogens with zero attached hydrogens (tertiary/aromatic N) is 5. The molecule has 29 heavy (non-hydrogen) atoms. The highest BCUT2D eigenvalue weighted by Crippen LogP contribution is 2.27. The summed E-state index contributed by atoms with van der Waals surface area (Å²) in [5.74, 6) is 0.181. The van der Waals surface area contributed by atoms with E-state index < -0.39 is 5.97 Å². The van der Waals surface area contributed by atoms with Crippen LogP contribution in [-0.4, -0.2) is 37.9 Å². The van der Waals surface area contributed by atoms with Gasteiger partial charge >= 0.3 is 5.97 Å². The Hall–Kier alpha value is -3.94. The molecule has 2 aromatic carbocycles. The Bertz CT molecular complexity index is 1200. The molecule has 8 heteroatoms. The largest absolute Gasteiger partial charge is 0.478 e. The molecule has 0 amide bonds. The Balaban J connectivity index is 1.58. The van der Waals surface area contributed by atoms with E-state index in [1.807, 2.05) is 48.8 Å². The lowest BCUT2D eigenvalue weighted by atomic mass is 10.2. The SMILES string of the molecule is Cc1c2ccc(N(C)c3ccnc(Nc4ccc(C(=O)O)cc4)n3)cc2nn1C. The van der Waals surface area contributed by atoms with Gasteiger partial charge in [0.25, 0.3) is 0 Å². The van der Waals surface area contributed by atoms with Crippen molar-refractivity contribution in [3.05, 3.63) is 66.0 Å². The van der Waals surface area contributed by atoms with Crippen LogP contribution in [0.5, 0.6) is 0 Å². The first kappa shape index (κ1) is 18.4. The monoisotopic (exact) mass is 388 g/mol. The number of anilines is 4. The standard InChI is InChI=1S/C21H20N6O2/c1-13-17-9-8-16(12-18(17)25-27(13)3)26(2)19-10-11-22-21(24-19)23-15-6-4-14(5-7-15)20(28)29/h4-12H,1-3H3,(H,28,29)(H,22,23,24). The van der Waals surface area contributed by atoms with Gasteiger partial charge in [-0.05, 0) is 55.5 Å². The Morgan fingerprint density at radius 2 is 1.90 bits per heavy atom. The molecule has 0 aliphatic heterocycles. The van der Waals surface area contributed by atoms with E-state index in [9.17, 15) is 4.79 Å². The molecule has 0 fully saturated rings. The van der Waals surface area contributed by atoms with Crippen LogP contribution in [-0.2, 0) is 7.05 Å². The second kappa shape index (κ2) is 7.23. The molecule has 8 nitrogen and oxygen atoms in total. The molecule has 0 saturated heterocycles. The zero-order valence-corrected chi connectivity index (χ0v) is 16.3. The molecule has 4 rings (SSSR count). The molecule has 0 aliphatic carbocycles. The van der Waals surface area contributed by atoms with Gasteiger partial charge in [-0.1, -0.05) is 0 Å². The molecule has 0 bridgehead atoms. The predicted octanol–water partition coefficient (Wildman–Crippen LogP) is 3.88. The lowest BCUT2D eigenvalue weighted by Gasteiger charge is -2.19. The van der Waals surface area contributed by atoms with Crippen molar-refractivity contribution in [1.29, 1.82) is 0 Å². The number of fused-ring (bicyclic) bond motifs is 1. The van der Waals surface area contributed by atoms with Crippen molar-refractivity contribution in [3.63, 3.8) is 0 Å². The number of aromatic carboxylic acids is 1. The number of carboxylic acid groups (broad SMARTS) is 1. The van der Waals surface area contributed by atoms with Crippen LogP contribution < -0.4 is 10.2 Å². The first-order valence-electron chi connectivity index (χ1n) is 9.03. The average molecular weight is 388 g/mol. The fraction of sp³-hybridized carbons (Fsp3) is 0.143. The Kier molecular flexibility index (Phi) is 4.59. The molecule has 0 aliphatic rings. The molecule has 0 saturated carbocycles. The Morgan fingerprint density at radius 1 is 1.14 bits per heavy atom. The van der Waals surface area contributed by atoms with E-state index in [2.05, 4.69) is 26.4 Å². The third-order valence-corrected chi connectivity index (χ3v) is 4.87. The number of nitrogens with one attached hydrogen (secondary N) is 1. The van der Waals surface area contributed by atoms with Gasteiger partial charge in [0.15, 0.2) is 0 Å². The molecular weight excluding hydrogens is 368 g/mol. The second-order valence-electron chi connectivity index (χ2n) is 6.72. The molecule has 2 heterocycles. The number of rotatable bonds is 5. The van der Waals surface area contributed by atoms with Gasteiger partial charge in [0.2, 0.25) is 5.95 Å². The number of aryl methyl sites for hydroxylation is 2. The van der Waals surface area contributed by atoms with E-state index in [1.165, 1.54) is 12.1 Å². The van der Waals surface area contributed by atoms with Crippen LogP contribution in [0.3, 0.4) is 0 Å². The fourth-order valence-electron chi connectivity index (χ4n) is 3.08. The number of hydrogen-bond acceptors (Lipinski definition) is 6. The normalized spacial score (nSPS) is 10.9. The summed E-state index contributed by atoms with van der Waals surface area (Å²) in [6, 6.07) is 14.4. The molecule has 2 N–H and O–H groups in total. The van der Waals surface area contributed by atoms with Crippen molar-refractivity contribution < 1.29 is 9.90 Å². The smallest absolute Gasteiger partial charge is 0.335 e. The fourth-order valence-corrected chi connectivity index (χ4v) is 3.08. The maximum absolute atomic E-state index is 11.0. The van der Waals surface area contributed by atoms with Crippen LogP contribution in [0, 0.1) is 6.92 Å². The van der Waals surface area contributed by atoms with Gasteiger partial charge in [0.1, 0.15) is 5.82 Å². The molecule has 0 atom stereocenters. The van der Waals surface area contributed by atoms with Gasteiger partial charge in [0.05, 0.1) is 11.1 Å². The van der Waals surface area contributed by atoms with Crippen LogP contribution in [0.1, 0.15) is 16.1 Å². The molecule has 0 radical (unpaired) electrons. The Morgan fingerprint density at radius 3 is 2.62 bits per heavy atom. The van der Waals surface area contributed by atoms with Crippen molar-refractivity contribution in [3.8, 4) is 0 Å². The minimum absolute atomic E-state index is 0.227. The summed E-state index contributed by atoms with van der Waals surface area (Å²) in [6.45, 7) is 2.05. The van der Waals surface area contributed by atoms with Crippen LogP contribution in [0.15, 0.2) is 54.7 Å². The van der Waals surface area contributed by atoms with E-state index in [1.54, 1.807) is 18.3 Å². The van der Waals surface area contributed by atoms with Gasteiger partial charge in [-0.15, -0.1) is 0 Å². The molecule has 0 unspecified atom stereocenters. The van der Waals surface area contributed by atoms with Crippen molar-refractivity contribution in [2.45, 2.75) is 6.92 Å². The van der Waals surface area contributed by atoms with Crippen LogP contribution >= 0.6 is 0 Å². The van der Waals surface area contributed by atoms with E-state index in [0.29, 0.717) is 11.6 Å². The topological polar surface area (TPSA) is 96.2 Å². The zero-order chi connectivity index (χ0) is 20.5. The van der Waals surface area contributed by atoms with Crippen LogP contribution in [0.4, 0.5) is 23.1 Å². The lowest BCUT2D eigenvalue weighted by molar-refractivity contribution is 0.0697. The van der Waals surface area contributed by atoms with Crippen LogP contribution in [0.2, 0.25) is 0 Å². The van der Waals surface area contributed by atoms with E-state index in [0.717, 1.165) is 28.1 Å². The number of hydrogen-bond donors (Lipinski definition) is 2. The second-order valence-corrected chi connectivity index (χ2v) is 6.72. The van der Waals surface area contributed by atoms with Gasteiger partial charge in [0, 0.05) is 42.7 Å². The van der Waals surface area contributed by atoms with E-state index in [4.69, 9.17) is 5.11 Å². The minimum atomic E-state index is -0.962. The molecule has 0 spiro atoms. The maximum Gasteiger partial charge on any atom is 0.335 e. The van der Waals surface area contributed by atoms with Gasteiger partial charge < -0.3 is 15.3 Å². The lowest BCUT2D eigenvalue weighted by Crippen LogP contribution is -2.12. The molecule has 4 aromatic rings. The minimum Gasteiger partial charge on any atom is -0.478 e. The summed E-state index contributed by atoms with van der Waals surface area (Å²) in [7, 11) is 3.87. The quantitative estimate of drug-likeness (QED) is 0.535. The summed E-state index contributed by atoms with van der Waals surface area (Å²) in [5, 5.41) is 17.8.